The van der Waals surface area contributed by atoms with Gasteiger partial charge in [0.05, 0.1) is 5.54 Å². The molecule has 1 heterocycles. The average molecular weight is 367 g/mol. The Balaban J connectivity index is 1.93. The summed E-state index contributed by atoms with van der Waals surface area (Å²) < 4.78 is 5.11. The van der Waals surface area contributed by atoms with Crippen molar-refractivity contribution in [2.75, 3.05) is 13.1 Å². The first-order valence-electron chi connectivity index (χ1n) is 9.03. The standard InChI is InChI=1S/C18H29N3O5/c1-11-8-13(15(24)20-18(6-7-18)12(2)22)21(10-11)14(23)9-19-16(25)26-17(3,4)5/h11,13H,6-10H2,1-5H3,(H,19,25)(H,20,24)/t11?,13-/m0/s1. The second-order valence-corrected chi connectivity index (χ2v) is 8.39. The molecule has 2 rings (SSSR count). The van der Waals surface area contributed by atoms with Crippen LogP contribution < -0.4 is 10.6 Å². The number of nitrogens with zero attached hydrogens (tertiary/aromatic N) is 1. The van der Waals surface area contributed by atoms with Crippen molar-refractivity contribution in [1.29, 1.82) is 0 Å². The van der Waals surface area contributed by atoms with Crippen molar-refractivity contribution >= 4 is 23.7 Å². The summed E-state index contributed by atoms with van der Waals surface area (Å²) in [6, 6.07) is -0.616. The Morgan fingerprint density at radius 2 is 1.81 bits per heavy atom. The number of ether oxygens (including phenoxy) is 1. The Bertz CT molecular complexity index is 606. The topological polar surface area (TPSA) is 105 Å². The van der Waals surface area contributed by atoms with Crippen LogP contribution in [0.15, 0.2) is 0 Å². The number of amides is 3. The highest BCUT2D eigenvalue weighted by Gasteiger charge is 2.50. The van der Waals surface area contributed by atoms with Crippen molar-refractivity contribution in [3.05, 3.63) is 0 Å². The van der Waals surface area contributed by atoms with Gasteiger partial charge in [0.15, 0.2) is 5.78 Å². The Morgan fingerprint density at radius 1 is 1.19 bits per heavy atom. The van der Waals surface area contributed by atoms with Gasteiger partial charge in [-0.3, -0.25) is 14.4 Å². The molecule has 1 aliphatic carbocycles. The van der Waals surface area contributed by atoms with Gasteiger partial charge in [0.25, 0.3) is 0 Å². The second-order valence-electron chi connectivity index (χ2n) is 8.39. The summed E-state index contributed by atoms with van der Waals surface area (Å²) in [7, 11) is 0. The molecule has 146 valence electrons. The lowest BCUT2D eigenvalue weighted by Gasteiger charge is -2.26. The summed E-state index contributed by atoms with van der Waals surface area (Å²) >= 11 is 0. The van der Waals surface area contributed by atoms with Crippen LogP contribution >= 0.6 is 0 Å². The van der Waals surface area contributed by atoms with E-state index < -0.39 is 23.3 Å². The number of nitrogens with one attached hydrogen (secondary N) is 2. The zero-order chi connectivity index (χ0) is 19.7. The van der Waals surface area contributed by atoms with Crippen LogP contribution in [0.1, 0.15) is 53.9 Å². The van der Waals surface area contributed by atoms with Crippen molar-refractivity contribution in [2.24, 2.45) is 5.92 Å². The van der Waals surface area contributed by atoms with Gasteiger partial charge in [0.1, 0.15) is 18.2 Å². The zero-order valence-corrected chi connectivity index (χ0v) is 16.2. The van der Waals surface area contributed by atoms with Crippen molar-refractivity contribution in [3.63, 3.8) is 0 Å². The minimum Gasteiger partial charge on any atom is -0.444 e. The van der Waals surface area contributed by atoms with E-state index in [9.17, 15) is 19.2 Å². The van der Waals surface area contributed by atoms with Crippen LogP contribution in [-0.2, 0) is 19.1 Å². The molecule has 0 radical (unpaired) electrons. The number of carbonyl (C=O) groups excluding carboxylic acids is 4. The lowest BCUT2D eigenvalue weighted by molar-refractivity contribution is -0.138. The fourth-order valence-corrected chi connectivity index (χ4v) is 3.14. The number of rotatable bonds is 5. The lowest BCUT2D eigenvalue weighted by atomic mass is 10.1. The molecule has 2 atom stereocenters. The number of hydrogen-bond donors (Lipinski definition) is 2. The number of Topliss-reactive ketones (excluding diaryl/α,β-unsaturated/α-hetero) is 1. The molecule has 1 saturated carbocycles. The third kappa shape index (κ3) is 4.95. The summed E-state index contributed by atoms with van der Waals surface area (Å²) in [5.74, 6) is -0.522. The molecule has 8 heteroatoms. The number of ketones is 1. The maximum absolute atomic E-state index is 12.6. The summed E-state index contributed by atoms with van der Waals surface area (Å²) in [4.78, 5) is 50.0. The molecule has 1 saturated heterocycles. The van der Waals surface area contributed by atoms with E-state index in [1.165, 1.54) is 11.8 Å². The molecule has 2 aliphatic rings. The van der Waals surface area contributed by atoms with Gasteiger partial charge in [-0.05, 0) is 52.9 Å². The first-order chi connectivity index (χ1) is 11.9. The zero-order valence-electron chi connectivity index (χ0n) is 16.2. The van der Waals surface area contributed by atoms with Crippen molar-refractivity contribution < 1.29 is 23.9 Å². The monoisotopic (exact) mass is 367 g/mol. The first-order valence-corrected chi connectivity index (χ1v) is 9.03. The van der Waals surface area contributed by atoms with Gasteiger partial charge in [0, 0.05) is 6.54 Å². The summed E-state index contributed by atoms with van der Waals surface area (Å²) in [5, 5.41) is 5.25. The predicted octanol–water partition coefficient (Wildman–Crippen LogP) is 0.986. The van der Waals surface area contributed by atoms with Gasteiger partial charge >= 0.3 is 6.09 Å². The first kappa shape index (κ1) is 20.2. The molecule has 0 bridgehead atoms. The third-order valence-electron chi connectivity index (χ3n) is 4.70. The SMILES string of the molecule is CC(=O)C1(NC(=O)[C@@H]2CC(C)CN2C(=O)CNC(=O)OC(C)(C)C)CC1. The van der Waals surface area contributed by atoms with Gasteiger partial charge in [0.2, 0.25) is 11.8 Å². The van der Waals surface area contributed by atoms with E-state index in [4.69, 9.17) is 4.74 Å². The van der Waals surface area contributed by atoms with E-state index in [1.807, 2.05) is 6.92 Å². The average Bonchev–Trinajstić information content (AvgIpc) is 3.17. The number of likely N-dealkylation sites (tertiary alicyclic amines) is 1. The fraction of sp³-hybridized carbons (Fsp3) is 0.778. The Hall–Kier alpha value is -2.12. The molecule has 0 aromatic carbocycles. The molecule has 1 aliphatic heterocycles. The van der Waals surface area contributed by atoms with Crippen LogP contribution in [0.5, 0.6) is 0 Å². The molecular formula is C18H29N3O5. The molecule has 2 fully saturated rings. The van der Waals surface area contributed by atoms with Crippen molar-refractivity contribution in [2.45, 2.75) is 71.1 Å². The highest BCUT2D eigenvalue weighted by atomic mass is 16.6. The normalized spacial score (nSPS) is 24.0. The molecule has 0 aromatic heterocycles. The number of alkyl carbamates (subject to hydrolysis) is 1. The van der Waals surface area contributed by atoms with E-state index in [2.05, 4.69) is 10.6 Å². The second kappa shape index (κ2) is 7.25. The summed E-state index contributed by atoms with van der Waals surface area (Å²) in [6.07, 6.45) is 1.15. The van der Waals surface area contributed by atoms with Crippen LogP contribution in [0.3, 0.4) is 0 Å². The number of hydrogen-bond acceptors (Lipinski definition) is 5. The lowest BCUT2D eigenvalue weighted by Crippen LogP contribution is -2.53. The van der Waals surface area contributed by atoms with Crippen LogP contribution in [0.25, 0.3) is 0 Å². The fourth-order valence-electron chi connectivity index (χ4n) is 3.14. The van der Waals surface area contributed by atoms with Crippen LogP contribution in [0.2, 0.25) is 0 Å². The van der Waals surface area contributed by atoms with Gasteiger partial charge in [-0.1, -0.05) is 6.92 Å². The third-order valence-corrected chi connectivity index (χ3v) is 4.70. The summed E-state index contributed by atoms with van der Waals surface area (Å²) in [5.41, 5.74) is -1.39. The molecule has 1 unspecified atom stereocenters. The minimum absolute atomic E-state index is 0.0543. The molecule has 0 spiro atoms. The van der Waals surface area contributed by atoms with Gasteiger partial charge in [-0.15, -0.1) is 0 Å². The maximum atomic E-state index is 12.6. The van der Waals surface area contributed by atoms with Crippen LogP contribution in [0, 0.1) is 5.92 Å². The van der Waals surface area contributed by atoms with Crippen LogP contribution in [-0.4, -0.2) is 58.9 Å². The highest BCUT2D eigenvalue weighted by molar-refractivity contribution is 5.97. The van der Waals surface area contributed by atoms with Crippen LogP contribution in [0.4, 0.5) is 4.79 Å². The van der Waals surface area contributed by atoms with Gasteiger partial charge in [-0.25, -0.2) is 4.79 Å². The maximum Gasteiger partial charge on any atom is 0.408 e. The van der Waals surface area contributed by atoms with E-state index in [1.54, 1.807) is 20.8 Å². The molecule has 3 amide bonds. The number of carbonyl (C=O) groups is 4. The Labute approximate surface area is 154 Å². The quantitative estimate of drug-likeness (QED) is 0.754. The molecule has 8 nitrogen and oxygen atoms in total. The van der Waals surface area contributed by atoms with E-state index in [0.717, 1.165) is 0 Å². The van der Waals surface area contributed by atoms with Crippen molar-refractivity contribution in [1.82, 2.24) is 15.5 Å². The smallest absolute Gasteiger partial charge is 0.408 e. The predicted molar refractivity (Wildman–Crippen MR) is 94.3 cm³/mol. The highest BCUT2D eigenvalue weighted by Crippen LogP contribution is 2.37. The molecule has 26 heavy (non-hydrogen) atoms. The van der Waals surface area contributed by atoms with E-state index in [-0.39, 0.29) is 30.1 Å². The van der Waals surface area contributed by atoms with E-state index >= 15 is 0 Å². The van der Waals surface area contributed by atoms with Crippen molar-refractivity contribution in [3.8, 4) is 0 Å². The Morgan fingerprint density at radius 3 is 2.31 bits per heavy atom. The van der Waals surface area contributed by atoms with Gasteiger partial charge < -0.3 is 20.3 Å². The molecule has 2 N–H and O–H groups in total. The Kier molecular flexibility index (Phi) is 5.63. The van der Waals surface area contributed by atoms with Gasteiger partial charge in [-0.2, -0.15) is 0 Å². The molecular weight excluding hydrogens is 338 g/mol. The molecule has 0 aromatic rings. The van der Waals surface area contributed by atoms with E-state index in [0.29, 0.717) is 25.8 Å². The minimum atomic E-state index is -0.744. The summed E-state index contributed by atoms with van der Waals surface area (Å²) in [6.45, 7) is 8.85. The largest absolute Gasteiger partial charge is 0.444 e.